The summed E-state index contributed by atoms with van der Waals surface area (Å²) in [6.07, 6.45) is 4.14. The van der Waals surface area contributed by atoms with Crippen LogP contribution in [0.3, 0.4) is 0 Å². The van der Waals surface area contributed by atoms with Crippen LogP contribution >= 0.6 is 23.7 Å². The Morgan fingerprint density at radius 3 is 2.87 bits per heavy atom. The lowest BCUT2D eigenvalue weighted by molar-refractivity contribution is 0.602. The molecular formula is C12H20ClNS. The highest BCUT2D eigenvalue weighted by molar-refractivity contribution is 7.11. The highest BCUT2D eigenvalue weighted by atomic mass is 35.5. The van der Waals surface area contributed by atoms with Gasteiger partial charge in [0.05, 0.1) is 0 Å². The van der Waals surface area contributed by atoms with Crippen LogP contribution in [0.2, 0.25) is 0 Å². The van der Waals surface area contributed by atoms with E-state index in [1.807, 2.05) is 11.3 Å². The van der Waals surface area contributed by atoms with Crippen LogP contribution in [-0.4, -0.2) is 6.04 Å². The van der Waals surface area contributed by atoms with Gasteiger partial charge in [0.1, 0.15) is 0 Å². The largest absolute Gasteiger partial charge is 0.309 e. The van der Waals surface area contributed by atoms with Gasteiger partial charge in [0.15, 0.2) is 0 Å². The molecule has 0 amide bonds. The van der Waals surface area contributed by atoms with Crippen LogP contribution in [0.15, 0.2) is 12.1 Å². The molecule has 1 N–H and O–H groups in total. The van der Waals surface area contributed by atoms with Crippen molar-refractivity contribution in [1.29, 1.82) is 0 Å². The van der Waals surface area contributed by atoms with Crippen LogP contribution in [0, 0.1) is 12.8 Å². The van der Waals surface area contributed by atoms with Crippen LogP contribution in [-0.2, 0) is 6.54 Å². The van der Waals surface area contributed by atoms with E-state index in [-0.39, 0.29) is 12.4 Å². The molecule has 3 heteroatoms. The van der Waals surface area contributed by atoms with Gasteiger partial charge in [-0.2, -0.15) is 0 Å². The fourth-order valence-corrected chi connectivity index (χ4v) is 2.84. The fourth-order valence-electron chi connectivity index (χ4n) is 2.00. The third-order valence-electron chi connectivity index (χ3n) is 2.92. The van der Waals surface area contributed by atoms with Crippen LogP contribution in [0.4, 0.5) is 0 Å². The van der Waals surface area contributed by atoms with E-state index in [1.54, 1.807) is 0 Å². The molecule has 0 aromatic carbocycles. The SMILES string of the molecule is CCCC1CC1NCc1ccc(C)s1.Cl. The van der Waals surface area contributed by atoms with Crippen molar-refractivity contribution in [2.75, 3.05) is 0 Å². The molecule has 0 spiro atoms. The molecule has 2 atom stereocenters. The Kier molecular flexibility index (Phi) is 5.10. The molecule has 1 aliphatic carbocycles. The molecule has 86 valence electrons. The zero-order valence-corrected chi connectivity index (χ0v) is 11.1. The van der Waals surface area contributed by atoms with Gasteiger partial charge < -0.3 is 5.32 Å². The number of nitrogens with one attached hydrogen (secondary N) is 1. The molecule has 1 aliphatic rings. The predicted octanol–water partition coefficient (Wildman–Crippen LogP) is 3.76. The summed E-state index contributed by atoms with van der Waals surface area (Å²) in [5, 5.41) is 3.63. The summed E-state index contributed by atoms with van der Waals surface area (Å²) in [6, 6.07) is 5.26. The molecule has 0 aliphatic heterocycles. The molecule has 0 radical (unpaired) electrons. The molecule has 1 aromatic heterocycles. The maximum Gasteiger partial charge on any atom is 0.0302 e. The second kappa shape index (κ2) is 5.88. The van der Waals surface area contributed by atoms with Crippen molar-refractivity contribution < 1.29 is 0 Å². The number of thiophene rings is 1. The Balaban J connectivity index is 0.00000112. The third kappa shape index (κ3) is 3.78. The molecular weight excluding hydrogens is 226 g/mol. The van der Waals surface area contributed by atoms with Crippen molar-refractivity contribution in [2.45, 2.75) is 45.7 Å². The monoisotopic (exact) mass is 245 g/mol. The first kappa shape index (κ1) is 13.0. The van der Waals surface area contributed by atoms with Crippen LogP contribution < -0.4 is 5.32 Å². The summed E-state index contributed by atoms with van der Waals surface area (Å²) in [5.41, 5.74) is 0. The maximum absolute atomic E-state index is 3.63. The zero-order chi connectivity index (χ0) is 9.97. The Labute approximate surface area is 103 Å². The number of hydrogen-bond acceptors (Lipinski definition) is 2. The Morgan fingerprint density at radius 1 is 1.47 bits per heavy atom. The van der Waals surface area contributed by atoms with Gasteiger partial charge in [0.25, 0.3) is 0 Å². The van der Waals surface area contributed by atoms with Crippen molar-refractivity contribution >= 4 is 23.7 Å². The summed E-state index contributed by atoms with van der Waals surface area (Å²) in [4.78, 5) is 2.90. The first-order valence-electron chi connectivity index (χ1n) is 5.58. The molecule has 1 nitrogen and oxygen atoms in total. The van der Waals surface area contributed by atoms with E-state index < -0.39 is 0 Å². The molecule has 15 heavy (non-hydrogen) atoms. The van der Waals surface area contributed by atoms with Crippen molar-refractivity contribution in [3.05, 3.63) is 21.9 Å². The van der Waals surface area contributed by atoms with Crippen LogP contribution in [0.25, 0.3) is 0 Å². The first-order valence-corrected chi connectivity index (χ1v) is 6.40. The molecule has 1 heterocycles. The Hall–Kier alpha value is -0.0500. The number of halogens is 1. The van der Waals surface area contributed by atoms with Gasteiger partial charge in [-0.25, -0.2) is 0 Å². The summed E-state index contributed by atoms with van der Waals surface area (Å²) in [5.74, 6) is 0.973. The Bertz CT molecular complexity index is 298. The molecule has 2 unspecified atom stereocenters. The van der Waals surface area contributed by atoms with Gasteiger partial charge in [0, 0.05) is 22.3 Å². The maximum atomic E-state index is 3.63. The van der Waals surface area contributed by atoms with E-state index >= 15 is 0 Å². The lowest BCUT2D eigenvalue weighted by Gasteiger charge is -2.00. The smallest absolute Gasteiger partial charge is 0.0302 e. The van der Waals surface area contributed by atoms with E-state index in [1.165, 1.54) is 29.0 Å². The minimum atomic E-state index is 0. The lowest BCUT2D eigenvalue weighted by Crippen LogP contribution is -2.16. The van der Waals surface area contributed by atoms with Crippen molar-refractivity contribution in [3.63, 3.8) is 0 Å². The normalized spacial score (nSPS) is 23.6. The molecule has 2 rings (SSSR count). The van der Waals surface area contributed by atoms with Crippen LogP contribution in [0.5, 0.6) is 0 Å². The summed E-state index contributed by atoms with van der Waals surface area (Å²) < 4.78 is 0. The van der Waals surface area contributed by atoms with E-state index in [4.69, 9.17) is 0 Å². The lowest BCUT2D eigenvalue weighted by atomic mass is 10.2. The van der Waals surface area contributed by atoms with Crippen molar-refractivity contribution in [3.8, 4) is 0 Å². The summed E-state index contributed by atoms with van der Waals surface area (Å²) >= 11 is 1.91. The standard InChI is InChI=1S/C12H19NS.ClH/c1-3-4-10-7-12(10)13-8-11-6-5-9(2)14-11;/h5-6,10,12-13H,3-4,7-8H2,1-2H3;1H. The predicted molar refractivity (Wildman–Crippen MR) is 69.9 cm³/mol. The van der Waals surface area contributed by atoms with E-state index in [2.05, 4.69) is 31.3 Å². The zero-order valence-electron chi connectivity index (χ0n) is 9.45. The van der Waals surface area contributed by atoms with Crippen molar-refractivity contribution in [2.24, 2.45) is 5.92 Å². The second-order valence-electron chi connectivity index (χ2n) is 4.28. The van der Waals surface area contributed by atoms with Crippen molar-refractivity contribution in [1.82, 2.24) is 5.32 Å². The molecule has 0 bridgehead atoms. The average molecular weight is 246 g/mol. The van der Waals surface area contributed by atoms with Gasteiger partial charge in [-0.15, -0.1) is 23.7 Å². The Morgan fingerprint density at radius 2 is 2.27 bits per heavy atom. The van der Waals surface area contributed by atoms with Gasteiger partial charge >= 0.3 is 0 Å². The highest BCUT2D eigenvalue weighted by Crippen LogP contribution is 2.34. The first-order chi connectivity index (χ1) is 6.79. The summed E-state index contributed by atoms with van der Waals surface area (Å²) in [6.45, 7) is 5.52. The topological polar surface area (TPSA) is 12.0 Å². The average Bonchev–Trinajstić information content (AvgIpc) is 2.77. The van der Waals surface area contributed by atoms with E-state index in [0.717, 1.165) is 18.5 Å². The molecule has 0 saturated heterocycles. The van der Waals surface area contributed by atoms with E-state index in [9.17, 15) is 0 Å². The minimum absolute atomic E-state index is 0. The van der Waals surface area contributed by atoms with Gasteiger partial charge in [-0.1, -0.05) is 13.3 Å². The van der Waals surface area contributed by atoms with Gasteiger partial charge in [0.2, 0.25) is 0 Å². The molecule has 1 aromatic rings. The van der Waals surface area contributed by atoms with Crippen LogP contribution in [0.1, 0.15) is 35.9 Å². The van der Waals surface area contributed by atoms with Gasteiger partial charge in [-0.3, -0.25) is 0 Å². The fraction of sp³-hybridized carbons (Fsp3) is 0.667. The molecule has 1 fully saturated rings. The van der Waals surface area contributed by atoms with E-state index in [0.29, 0.717) is 0 Å². The number of hydrogen-bond donors (Lipinski definition) is 1. The highest BCUT2D eigenvalue weighted by Gasteiger charge is 2.35. The quantitative estimate of drug-likeness (QED) is 0.833. The minimum Gasteiger partial charge on any atom is -0.309 e. The number of rotatable bonds is 5. The number of aryl methyl sites for hydroxylation is 1. The summed E-state index contributed by atoms with van der Waals surface area (Å²) in [7, 11) is 0. The van der Waals surface area contributed by atoms with Gasteiger partial charge in [-0.05, 0) is 37.8 Å². The second-order valence-corrected chi connectivity index (χ2v) is 5.66. The third-order valence-corrected chi connectivity index (χ3v) is 3.92. The molecule has 1 saturated carbocycles.